The van der Waals surface area contributed by atoms with Gasteiger partial charge in [0.1, 0.15) is 11.3 Å². The van der Waals surface area contributed by atoms with Crippen molar-refractivity contribution in [2.75, 3.05) is 37.1 Å². The van der Waals surface area contributed by atoms with Gasteiger partial charge in [-0.1, -0.05) is 11.3 Å². The molecule has 5 rings (SSSR count). The Hall–Kier alpha value is -2.85. The molecular weight excluding hydrogens is 406 g/mol. The predicted molar refractivity (Wildman–Crippen MR) is 114 cm³/mol. The van der Waals surface area contributed by atoms with E-state index in [2.05, 4.69) is 32.4 Å². The Morgan fingerprint density at radius 1 is 1.37 bits per heavy atom. The number of thiazole rings is 1. The number of methoxy groups -OCH3 is 1. The molecule has 0 bridgehead atoms. The summed E-state index contributed by atoms with van der Waals surface area (Å²) in [6, 6.07) is 6.04. The number of carbonyl (C=O) groups excluding carboxylic acids is 1. The van der Waals surface area contributed by atoms with Crippen molar-refractivity contribution < 1.29 is 18.7 Å². The summed E-state index contributed by atoms with van der Waals surface area (Å²) >= 11 is 1.50. The molecule has 4 heterocycles. The molecule has 2 N–H and O–H groups in total. The van der Waals surface area contributed by atoms with Crippen molar-refractivity contribution >= 4 is 39.6 Å². The van der Waals surface area contributed by atoms with Crippen molar-refractivity contribution in [3.8, 4) is 5.75 Å². The van der Waals surface area contributed by atoms with Crippen molar-refractivity contribution in [1.29, 1.82) is 0 Å². The van der Waals surface area contributed by atoms with Crippen molar-refractivity contribution in [3.05, 3.63) is 28.8 Å². The van der Waals surface area contributed by atoms with Gasteiger partial charge in [-0.3, -0.25) is 5.32 Å². The maximum atomic E-state index is 12.2. The van der Waals surface area contributed by atoms with Crippen LogP contribution in [0.15, 0.2) is 22.6 Å². The standard InChI is InChI=1S/C20H23N5O4S/c1-11-17-14(22-19(30-17)24-18(26)21-12-6-8-28-10-12)5-7-25(11)20-23-15-9-13(27-2)3-4-16(15)29-20/h3-4,9,11-12H,5-8,10H2,1-2H3,(H2,21,22,24,26)/t11-,12+/m0/s1. The third-order valence-electron chi connectivity index (χ3n) is 5.48. The minimum atomic E-state index is -0.242. The summed E-state index contributed by atoms with van der Waals surface area (Å²) in [5, 5.41) is 6.39. The zero-order chi connectivity index (χ0) is 20.7. The van der Waals surface area contributed by atoms with Crippen LogP contribution in [-0.2, 0) is 11.2 Å². The van der Waals surface area contributed by atoms with Gasteiger partial charge in [0, 0.05) is 25.6 Å². The molecule has 0 radical (unpaired) electrons. The number of hydrogen-bond donors (Lipinski definition) is 2. The molecule has 2 aliphatic rings. The van der Waals surface area contributed by atoms with Gasteiger partial charge in [-0.25, -0.2) is 9.78 Å². The van der Waals surface area contributed by atoms with Crippen molar-refractivity contribution in [1.82, 2.24) is 15.3 Å². The van der Waals surface area contributed by atoms with E-state index < -0.39 is 0 Å². The number of benzene rings is 1. The smallest absolute Gasteiger partial charge is 0.321 e. The first-order valence-corrected chi connectivity index (χ1v) is 10.8. The molecule has 30 heavy (non-hydrogen) atoms. The third kappa shape index (κ3) is 3.56. The van der Waals surface area contributed by atoms with Crippen molar-refractivity contribution in [3.63, 3.8) is 0 Å². The van der Waals surface area contributed by atoms with E-state index in [-0.39, 0.29) is 18.1 Å². The van der Waals surface area contributed by atoms with Gasteiger partial charge in [0.15, 0.2) is 10.7 Å². The molecule has 10 heteroatoms. The monoisotopic (exact) mass is 429 g/mol. The van der Waals surface area contributed by atoms with Crippen LogP contribution < -0.4 is 20.3 Å². The van der Waals surface area contributed by atoms with Gasteiger partial charge < -0.3 is 24.1 Å². The molecular formula is C20H23N5O4S. The SMILES string of the molecule is COc1ccc2oc(N3CCc4nc(NC(=O)N[C@@H]5CCOC5)sc4[C@@H]3C)nc2c1. The van der Waals surface area contributed by atoms with Crippen LogP contribution >= 0.6 is 11.3 Å². The number of carbonyl (C=O) groups is 1. The Bertz CT molecular complexity index is 1070. The molecule has 3 aromatic rings. The van der Waals surface area contributed by atoms with Crippen LogP contribution in [0.4, 0.5) is 15.9 Å². The summed E-state index contributed by atoms with van der Waals surface area (Å²) in [5.41, 5.74) is 2.51. The van der Waals surface area contributed by atoms with Gasteiger partial charge in [-0.15, -0.1) is 0 Å². The molecule has 9 nitrogen and oxygen atoms in total. The molecule has 2 amide bonds. The minimum absolute atomic E-state index is 0.0445. The number of rotatable bonds is 4. The van der Waals surface area contributed by atoms with E-state index in [0.29, 0.717) is 24.4 Å². The first kappa shape index (κ1) is 19.1. The molecule has 0 unspecified atom stereocenters. The van der Waals surface area contributed by atoms with Crippen molar-refractivity contribution in [2.24, 2.45) is 0 Å². The molecule has 0 spiro atoms. The Balaban J connectivity index is 1.32. The van der Waals surface area contributed by atoms with Crippen LogP contribution in [0.5, 0.6) is 5.75 Å². The number of hydrogen-bond acceptors (Lipinski definition) is 8. The second-order valence-electron chi connectivity index (χ2n) is 7.44. The van der Waals surface area contributed by atoms with Gasteiger partial charge in [-0.2, -0.15) is 4.98 Å². The summed E-state index contributed by atoms with van der Waals surface area (Å²) in [6.07, 6.45) is 1.60. The summed E-state index contributed by atoms with van der Waals surface area (Å²) in [7, 11) is 1.63. The number of anilines is 2. The fourth-order valence-corrected chi connectivity index (χ4v) is 4.93. The van der Waals surface area contributed by atoms with Gasteiger partial charge in [0.05, 0.1) is 36.4 Å². The highest BCUT2D eigenvalue weighted by Crippen LogP contribution is 2.39. The number of oxazole rings is 1. The molecule has 1 fully saturated rings. The molecule has 0 aliphatic carbocycles. The molecule has 2 aliphatic heterocycles. The number of fused-ring (bicyclic) bond motifs is 2. The first-order chi connectivity index (χ1) is 14.6. The highest BCUT2D eigenvalue weighted by atomic mass is 32.1. The number of aromatic nitrogens is 2. The molecule has 1 aromatic carbocycles. The Morgan fingerprint density at radius 2 is 2.27 bits per heavy atom. The number of urea groups is 1. The third-order valence-corrected chi connectivity index (χ3v) is 6.66. The van der Waals surface area contributed by atoms with E-state index in [0.717, 1.165) is 46.8 Å². The van der Waals surface area contributed by atoms with E-state index in [9.17, 15) is 4.79 Å². The highest BCUT2D eigenvalue weighted by Gasteiger charge is 2.31. The second-order valence-corrected chi connectivity index (χ2v) is 8.47. The lowest BCUT2D eigenvalue weighted by Crippen LogP contribution is -2.38. The maximum absolute atomic E-state index is 12.2. The Labute approximate surface area is 177 Å². The van der Waals surface area contributed by atoms with Gasteiger partial charge in [0.25, 0.3) is 6.01 Å². The van der Waals surface area contributed by atoms with E-state index in [1.54, 1.807) is 7.11 Å². The number of nitrogens with one attached hydrogen (secondary N) is 2. The molecule has 1 saturated heterocycles. The van der Waals surface area contributed by atoms with Crippen LogP contribution in [0.3, 0.4) is 0 Å². The van der Waals surface area contributed by atoms with Crippen LogP contribution in [0, 0.1) is 0 Å². The zero-order valence-corrected chi connectivity index (χ0v) is 17.6. The summed E-state index contributed by atoms with van der Waals surface area (Å²) < 4.78 is 16.6. The molecule has 158 valence electrons. The van der Waals surface area contributed by atoms with Gasteiger partial charge in [0.2, 0.25) is 0 Å². The number of ether oxygens (including phenoxy) is 2. The average Bonchev–Trinajstić information content (AvgIpc) is 3.47. The van der Waals surface area contributed by atoms with E-state index >= 15 is 0 Å². The lowest BCUT2D eigenvalue weighted by atomic mass is 10.1. The summed E-state index contributed by atoms with van der Waals surface area (Å²) in [4.78, 5) is 24.8. The van der Waals surface area contributed by atoms with Crippen molar-refractivity contribution in [2.45, 2.75) is 31.8 Å². The van der Waals surface area contributed by atoms with Gasteiger partial charge >= 0.3 is 6.03 Å². The van der Waals surface area contributed by atoms with E-state index in [1.807, 2.05) is 18.2 Å². The van der Waals surface area contributed by atoms with Crippen LogP contribution in [0.25, 0.3) is 11.1 Å². The summed E-state index contributed by atoms with van der Waals surface area (Å²) in [5.74, 6) is 0.747. The number of nitrogens with zero attached hydrogens (tertiary/aromatic N) is 3. The zero-order valence-electron chi connectivity index (χ0n) is 16.8. The molecule has 0 saturated carbocycles. The maximum Gasteiger partial charge on any atom is 0.321 e. The Kier molecular flexibility index (Phi) is 4.95. The largest absolute Gasteiger partial charge is 0.497 e. The lowest BCUT2D eigenvalue weighted by Gasteiger charge is -2.31. The first-order valence-electron chi connectivity index (χ1n) is 9.97. The van der Waals surface area contributed by atoms with Gasteiger partial charge in [-0.05, 0) is 25.5 Å². The fraction of sp³-hybridized carbons (Fsp3) is 0.450. The van der Waals surface area contributed by atoms with E-state index in [1.165, 1.54) is 11.3 Å². The quantitative estimate of drug-likeness (QED) is 0.656. The summed E-state index contributed by atoms with van der Waals surface area (Å²) in [6.45, 7) is 4.09. The predicted octanol–water partition coefficient (Wildman–Crippen LogP) is 3.33. The van der Waals surface area contributed by atoms with Crippen LogP contribution in [0.1, 0.15) is 30.0 Å². The van der Waals surface area contributed by atoms with E-state index in [4.69, 9.17) is 13.9 Å². The normalized spacial score (nSPS) is 20.9. The Morgan fingerprint density at radius 3 is 3.07 bits per heavy atom. The highest BCUT2D eigenvalue weighted by molar-refractivity contribution is 7.16. The topological polar surface area (TPSA) is 102 Å². The second kappa shape index (κ2) is 7.77. The molecule has 2 atom stereocenters. The number of amides is 2. The van der Waals surface area contributed by atoms with Crippen LogP contribution in [0.2, 0.25) is 0 Å². The van der Waals surface area contributed by atoms with Crippen LogP contribution in [-0.4, -0.2) is 48.9 Å². The average molecular weight is 430 g/mol. The molecule has 2 aromatic heterocycles. The minimum Gasteiger partial charge on any atom is -0.497 e. The fourth-order valence-electron chi connectivity index (χ4n) is 3.86. The lowest BCUT2D eigenvalue weighted by molar-refractivity contribution is 0.189.